The zero-order valence-corrected chi connectivity index (χ0v) is 13.0. The number of hydrogen-bond donors (Lipinski definition) is 1. The second-order valence-electron chi connectivity index (χ2n) is 5.44. The number of halogens is 1. The molecule has 18 heavy (non-hydrogen) atoms. The summed E-state index contributed by atoms with van der Waals surface area (Å²) in [4.78, 5) is 13.7. The van der Waals surface area contributed by atoms with E-state index in [0.29, 0.717) is 13.1 Å². The summed E-state index contributed by atoms with van der Waals surface area (Å²) in [6.45, 7) is 7.13. The summed E-state index contributed by atoms with van der Waals surface area (Å²) in [5.41, 5.74) is 1.08. The van der Waals surface area contributed by atoms with E-state index in [9.17, 15) is 4.79 Å². The van der Waals surface area contributed by atoms with Gasteiger partial charge in [-0.1, -0.05) is 34.1 Å². The molecule has 0 atom stereocenters. The Morgan fingerprint density at radius 3 is 2.50 bits per heavy atom. The van der Waals surface area contributed by atoms with E-state index in [1.807, 2.05) is 52.1 Å². The molecule has 0 aromatic heterocycles. The van der Waals surface area contributed by atoms with Gasteiger partial charge in [-0.3, -0.25) is 4.79 Å². The fourth-order valence-corrected chi connectivity index (χ4v) is 1.86. The lowest BCUT2D eigenvalue weighted by molar-refractivity contribution is -0.129. The van der Waals surface area contributed by atoms with Crippen LogP contribution in [0.15, 0.2) is 28.7 Å². The van der Waals surface area contributed by atoms with Crippen LogP contribution in [-0.2, 0) is 11.3 Å². The van der Waals surface area contributed by atoms with Crippen molar-refractivity contribution >= 4 is 21.8 Å². The van der Waals surface area contributed by atoms with Crippen LogP contribution < -0.4 is 5.32 Å². The number of amides is 1. The fraction of sp³-hybridized carbons (Fsp3) is 0.500. The summed E-state index contributed by atoms with van der Waals surface area (Å²) in [6.07, 6.45) is 0. The molecule has 1 N–H and O–H groups in total. The van der Waals surface area contributed by atoms with Gasteiger partial charge in [0.2, 0.25) is 5.91 Å². The molecule has 0 radical (unpaired) electrons. The van der Waals surface area contributed by atoms with E-state index in [4.69, 9.17) is 0 Å². The van der Waals surface area contributed by atoms with Crippen molar-refractivity contribution in [3.63, 3.8) is 0 Å². The molecular formula is C14H21BrN2O. The third kappa shape index (κ3) is 5.19. The molecule has 1 amide bonds. The lowest BCUT2D eigenvalue weighted by atomic mass is 10.1. The first kappa shape index (κ1) is 15.2. The highest BCUT2D eigenvalue weighted by Gasteiger charge is 2.14. The first-order valence-corrected chi connectivity index (χ1v) is 6.81. The molecule has 1 rings (SSSR count). The SMILES string of the molecule is CN(Cc1ccccc1Br)C(=O)CNC(C)(C)C. The van der Waals surface area contributed by atoms with Crippen molar-refractivity contribution in [1.82, 2.24) is 10.2 Å². The molecule has 0 aliphatic heterocycles. The normalized spacial score (nSPS) is 11.4. The van der Waals surface area contributed by atoms with Crippen LogP contribution in [0.2, 0.25) is 0 Å². The molecule has 0 aliphatic carbocycles. The molecule has 4 heteroatoms. The van der Waals surface area contributed by atoms with Gasteiger partial charge in [0.05, 0.1) is 6.54 Å². The van der Waals surface area contributed by atoms with E-state index >= 15 is 0 Å². The number of rotatable bonds is 4. The Balaban J connectivity index is 2.53. The van der Waals surface area contributed by atoms with Crippen molar-refractivity contribution in [3.8, 4) is 0 Å². The minimum atomic E-state index is -0.0379. The van der Waals surface area contributed by atoms with E-state index in [2.05, 4.69) is 21.2 Å². The predicted molar refractivity (Wildman–Crippen MR) is 78.4 cm³/mol. The molecule has 0 bridgehead atoms. The maximum absolute atomic E-state index is 12.0. The van der Waals surface area contributed by atoms with Gasteiger partial charge in [-0.05, 0) is 32.4 Å². The number of hydrogen-bond acceptors (Lipinski definition) is 2. The first-order chi connectivity index (χ1) is 8.29. The maximum Gasteiger partial charge on any atom is 0.236 e. The van der Waals surface area contributed by atoms with E-state index in [1.54, 1.807) is 4.90 Å². The number of likely N-dealkylation sites (N-methyl/N-ethyl adjacent to an activating group) is 1. The van der Waals surface area contributed by atoms with Crippen molar-refractivity contribution in [1.29, 1.82) is 0 Å². The summed E-state index contributed by atoms with van der Waals surface area (Å²) in [5.74, 6) is 0.0979. The highest BCUT2D eigenvalue weighted by atomic mass is 79.9. The number of nitrogens with zero attached hydrogens (tertiary/aromatic N) is 1. The van der Waals surface area contributed by atoms with Crippen molar-refractivity contribution in [2.75, 3.05) is 13.6 Å². The number of carbonyl (C=O) groups is 1. The highest BCUT2D eigenvalue weighted by molar-refractivity contribution is 9.10. The van der Waals surface area contributed by atoms with Gasteiger partial charge < -0.3 is 10.2 Å². The Morgan fingerprint density at radius 2 is 1.94 bits per heavy atom. The van der Waals surface area contributed by atoms with Gasteiger partial charge in [-0.2, -0.15) is 0 Å². The minimum Gasteiger partial charge on any atom is -0.340 e. The Labute approximate surface area is 118 Å². The van der Waals surface area contributed by atoms with Gasteiger partial charge in [0.1, 0.15) is 0 Å². The Hall–Kier alpha value is -0.870. The van der Waals surface area contributed by atoms with Gasteiger partial charge in [0, 0.05) is 23.6 Å². The molecule has 0 heterocycles. The number of nitrogens with one attached hydrogen (secondary N) is 1. The molecule has 0 saturated carbocycles. The van der Waals surface area contributed by atoms with Gasteiger partial charge >= 0.3 is 0 Å². The maximum atomic E-state index is 12.0. The van der Waals surface area contributed by atoms with Gasteiger partial charge in [0.15, 0.2) is 0 Å². The predicted octanol–water partition coefficient (Wildman–Crippen LogP) is 2.80. The van der Waals surface area contributed by atoms with Crippen LogP contribution in [0, 0.1) is 0 Å². The fourth-order valence-electron chi connectivity index (χ4n) is 1.45. The van der Waals surface area contributed by atoms with Crippen LogP contribution in [-0.4, -0.2) is 29.9 Å². The van der Waals surface area contributed by atoms with Gasteiger partial charge in [-0.25, -0.2) is 0 Å². The smallest absolute Gasteiger partial charge is 0.236 e. The van der Waals surface area contributed by atoms with Crippen molar-refractivity contribution < 1.29 is 4.79 Å². The Bertz CT molecular complexity index is 413. The zero-order valence-electron chi connectivity index (χ0n) is 11.5. The van der Waals surface area contributed by atoms with Crippen LogP contribution in [0.4, 0.5) is 0 Å². The average Bonchev–Trinajstić information content (AvgIpc) is 2.28. The molecule has 0 aliphatic rings. The second kappa shape index (κ2) is 6.34. The first-order valence-electron chi connectivity index (χ1n) is 6.02. The minimum absolute atomic E-state index is 0.0379. The van der Waals surface area contributed by atoms with Crippen LogP contribution >= 0.6 is 15.9 Å². The monoisotopic (exact) mass is 312 g/mol. The summed E-state index contributed by atoms with van der Waals surface area (Å²) in [6, 6.07) is 7.95. The third-order valence-electron chi connectivity index (χ3n) is 2.56. The molecule has 1 aromatic carbocycles. The quantitative estimate of drug-likeness (QED) is 0.927. The average molecular weight is 313 g/mol. The molecule has 3 nitrogen and oxygen atoms in total. The van der Waals surface area contributed by atoms with Crippen LogP contribution in [0.5, 0.6) is 0 Å². The molecule has 0 fully saturated rings. The number of benzene rings is 1. The van der Waals surface area contributed by atoms with E-state index in [0.717, 1.165) is 10.0 Å². The zero-order chi connectivity index (χ0) is 13.8. The lowest BCUT2D eigenvalue weighted by Crippen LogP contribution is -2.43. The molecule has 0 saturated heterocycles. The summed E-state index contributed by atoms with van der Waals surface area (Å²) >= 11 is 3.49. The van der Waals surface area contributed by atoms with Crippen LogP contribution in [0.1, 0.15) is 26.3 Å². The van der Waals surface area contributed by atoms with Crippen LogP contribution in [0.25, 0.3) is 0 Å². The summed E-state index contributed by atoms with van der Waals surface area (Å²) in [5, 5.41) is 3.20. The molecular weight excluding hydrogens is 292 g/mol. The summed E-state index contributed by atoms with van der Waals surface area (Å²) in [7, 11) is 1.83. The summed E-state index contributed by atoms with van der Waals surface area (Å²) < 4.78 is 1.04. The molecule has 0 spiro atoms. The van der Waals surface area contributed by atoms with E-state index in [-0.39, 0.29) is 11.4 Å². The van der Waals surface area contributed by atoms with Gasteiger partial charge in [0.25, 0.3) is 0 Å². The van der Waals surface area contributed by atoms with Crippen molar-refractivity contribution in [2.45, 2.75) is 32.9 Å². The Morgan fingerprint density at radius 1 is 1.33 bits per heavy atom. The molecule has 100 valence electrons. The number of carbonyl (C=O) groups excluding carboxylic acids is 1. The van der Waals surface area contributed by atoms with Gasteiger partial charge in [-0.15, -0.1) is 0 Å². The third-order valence-corrected chi connectivity index (χ3v) is 3.33. The molecule has 1 aromatic rings. The highest BCUT2D eigenvalue weighted by Crippen LogP contribution is 2.17. The topological polar surface area (TPSA) is 32.3 Å². The van der Waals surface area contributed by atoms with Crippen LogP contribution in [0.3, 0.4) is 0 Å². The van der Waals surface area contributed by atoms with Crippen molar-refractivity contribution in [3.05, 3.63) is 34.3 Å². The standard InChI is InChI=1S/C14H21BrN2O/c1-14(2,3)16-9-13(18)17(4)10-11-7-5-6-8-12(11)15/h5-8,16H,9-10H2,1-4H3. The Kier molecular flexibility index (Phi) is 5.35. The van der Waals surface area contributed by atoms with E-state index < -0.39 is 0 Å². The lowest BCUT2D eigenvalue weighted by Gasteiger charge is -2.23. The largest absolute Gasteiger partial charge is 0.340 e. The van der Waals surface area contributed by atoms with E-state index in [1.165, 1.54) is 0 Å². The molecule has 0 unspecified atom stereocenters. The van der Waals surface area contributed by atoms with Crippen molar-refractivity contribution in [2.24, 2.45) is 0 Å². The second-order valence-corrected chi connectivity index (χ2v) is 6.30.